The SMILES string of the molecule is Cc1cc(O)ccc1NC(=O)c1ccc(C(F)(F)F)cc1. The number of phenols is 1. The van der Waals surface area contributed by atoms with E-state index in [1.165, 1.54) is 18.2 Å². The van der Waals surface area contributed by atoms with Crippen LogP contribution in [0.3, 0.4) is 0 Å². The van der Waals surface area contributed by atoms with E-state index in [2.05, 4.69) is 5.32 Å². The summed E-state index contributed by atoms with van der Waals surface area (Å²) in [7, 11) is 0. The predicted octanol–water partition coefficient (Wildman–Crippen LogP) is 3.97. The number of nitrogens with one attached hydrogen (secondary N) is 1. The Balaban J connectivity index is 2.17. The maximum Gasteiger partial charge on any atom is 0.416 e. The van der Waals surface area contributed by atoms with E-state index in [0.717, 1.165) is 24.3 Å². The lowest BCUT2D eigenvalue weighted by Gasteiger charge is -2.10. The standard InChI is InChI=1S/C15H12F3NO2/c1-9-8-12(20)6-7-13(9)19-14(21)10-2-4-11(5-3-10)15(16,17)18/h2-8,20H,1H3,(H,19,21). The van der Waals surface area contributed by atoms with Crippen LogP contribution in [0.25, 0.3) is 0 Å². The molecule has 0 aliphatic heterocycles. The summed E-state index contributed by atoms with van der Waals surface area (Å²) in [4.78, 5) is 12.0. The first-order valence-electron chi connectivity index (χ1n) is 6.05. The van der Waals surface area contributed by atoms with Gasteiger partial charge in [0.05, 0.1) is 5.56 Å². The van der Waals surface area contributed by atoms with Crippen molar-refractivity contribution in [3.8, 4) is 5.75 Å². The summed E-state index contributed by atoms with van der Waals surface area (Å²) < 4.78 is 37.3. The molecule has 2 aromatic rings. The normalized spacial score (nSPS) is 11.2. The number of rotatable bonds is 2. The minimum atomic E-state index is -4.43. The van der Waals surface area contributed by atoms with Crippen LogP contribution < -0.4 is 5.32 Å². The highest BCUT2D eigenvalue weighted by molar-refractivity contribution is 6.04. The molecule has 0 saturated carbocycles. The van der Waals surface area contributed by atoms with Gasteiger partial charge in [0.1, 0.15) is 5.75 Å². The Bertz CT molecular complexity index is 664. The maximum atomic E-state index is 12.4. The number of hydrogen-bond donors (Lipinski definition) is 2. The first-order chi connectivity index (χ1) is 9.77. The number of hydrogen-bond acceptors (Lipinski definition) is 2. The summed E-state index contributed by atoms with van der Waals surface area (Å²) in [5, 5.41) is 11.9. The average molecular weight is 295 g/mol. The number of halogens is 3. The van der Waals surface area contributed by atoms with Crippen molar-refractivity contribution in [1.29, 1.82) is 0 Å². The average Bonchev–Trinajstić information content (AvgIpc) is 2.41. The van der Waals surface area contributed by atoms with Gasteiger partial charge in [0.15, 0.2) is 0 Å². The summed E-state index contributed by atoms with van der Waals surface area (Å²) in [6.07, 6.45) is -4.43. The Kier molecular flexibility index (Phi) is 3.88. The molecule has 0 unspecified atom stereocenters. The molecule has 1 amide bonds. The van der Waals surface area contributed by atoms with Gasteiger partial charge in [-0.1, -0.05) is 0 Å². The minimum absolute atomic E-state index is 0.0695. The summed E-state index contributed by atoms with van der Waals surface area (Å²) in [5.74, 6) is -0.447. The van der Waals surface area contributed by atoms with E-state index in [1.807, 2.05) is 0 Å². The molecule has 3 nitrogen and oxygen atoms in total. The van der Waals surface area contributed by atoms with Gasteiger partial charge in [-0.25, -0.2) is 0 Å². The third-order valence-electron chi connectivity index (χ3n) is 2.93. The molecule has 2 N–H and O–H groups in total. The van der Waals surface area contributed by atoms with Crippen LogP contribution >= 0.6 is 0 Å². The summed E-state index contributed by atoms with van der Waals surface area (Å²) >= 11 is 0. The van der Waals surface area contributed by atoms with Gasteiger partial charge >= 0.3 is 6.18 Å². The van der Waals surface area contributed by atoms with Crippen LogP contribution in [-0.4, -0.2) is 11.0 Å². The first-order valence-corrected chi connectivity index (χ1v) is 6.05. The Labute approximate surface area is 119 Å². The second-order valence-electron chi connectivity index (χ2n) is 4.53. The molecule has 0 aromatic heterocycles. The Morgan fingerprint density at radius 2 is 1.71 bits per heavy atom. The van der Waals surface area contributed by atoms with E-state index in [-0.39, 0.29) is 11.3 Å². The van der Waals surface area contributed by atoms with Crippen molar-refractivity contribution in [3.05, 3.63) is 59.2 Å². The molecule has 2 rings (SSSR count). The van der Waals surface area contributed by atoms with Crippen LogP contribution in [0.5, 0.6) is 5.75 Å². The summed E-state index contributed by atoms with van der Waals surface area (Å²) in [6.45, 7) is 1.70. The lowest BCUT2D eigenvalue weighted by Crippen LogP contribution is -2.13. The number of amides is 1. The lowest BCUT2D eigenvalue weighted by molar-refractivity contribution is -0.137. The molecule has 0 radical (unpaired) electrons. The van der Waals surface area contributed by atoms with Crippen molar-refractivity contribution in [3.63, 3.8) is 0 Å². The van der Waals surface area contributed by atoms with Crippen molar-refractivity contribution < 1.29 is 23.1 Å². The van der Waals surface area contributed by atoms with Gasteiger partial charge < -0.3 is 10.4 Å². The van der Waals surface area contributed by atoms with Crippen LogP contribution in [0.2, 0.25) is 0 Å². The van der Waals surface area contributed by atoms with Crippen LogP contribution in [0, 0.1) is 6.92 Å². The molecule has 6 heteroatoms. The van der Waals surface area contributed by atoms with Crippen molar-refractivity contribution in [2.75, 3.05) is 5.32 Å². The number of alkyl halides is 3. The predicted molar refractivity (Wildman–Crippen MR) is 72.2 cm³/mol. The van der Waals surface area contributed by atoms with E-state index in [9.17, 15) is 23.1 Å². The molecule has 0 aliphatic rings. The zero-order valence-electron chi connectivity index (χ0n) is 11.0. The van der Waals surface area contributed by atoms with Gasteiger partial charge in [-0.05, 0) is 55.0 Å². The topological polar surface area (TPSA) is 49.3 Å². The van der Waals surface area contributed by atoms with Crippen LogP contribution in [0.4, 0.5) is 18.9 Å². The lowest BCUT2D eigenvalue weighted by atomic mass is 10.1. The molecule has 0 spiro atoms. The summed E-state index contributed by atoms with van der Waals surface area (Å²) in [6, 6.07) is 8.36. The van der Waals surface area contributed by atoms with E-state index in [1.54, 1.807) is 6.92 Å². The first kappa shape index (κ1) is 14.9. The number of aromatic hydroxyl groups is 1. The highest BCUT2D eigenvalue weighted by Gasteiger charge is 2.30. The monoisotopic (exact) mass is 295 g/mol. The van der Waals surface area contributed by atoms with E-state index in [4.69, 9.17) is 0 Å². The van der Waals surface area contributed by atoms with Crippen molar-refractivity contribution >= 4 is 11.6 Å². The van der Waals surface area contributed by atoms with Gasteiger partial charge in [-0.3, -0.25) is 4.79 Å². The zero-order chi connectivity index (χ0) is 15.6. The van der Waals surface area contributed by atoms with Gasteiger partial charge in [0, 0.05) is 11.3 Å². The second-order valence-corrected chi connectivity index (χ2v) is 4.53. The molecule has 2 aromatic carbocycles. The fraction of sp³-hybridized carbons (Fsp3) is 0.133. The Hall–Kier alpha value is -2.50. The fourth-order valence-electron chi connectivity index (χ4n) is 1.79. The fourth-order valence-corrected chi connectivity index (χ4v) is 1.79. The maximum absolute atomic E-state index is 12.4. The van der Waals surface area contributed by atoms with Gasteiger partial charge in [-0.15, -0.1) is 0 Å². The molecule has 21 heavy (non-hydrogen) atoms. The quantitative estimate of drug-likeness (QED) is 0.824. The third-order valence-corrected chi connectivity index (χ3v) is 2.93. The minimum Gasteiger partial charge on any atom is -0.508 e. The molecule has 110 valence electrons. The molecule has 0 heterocycles. The number of aryl methyl sites for hydroxylation is 1. The number of anilines is 1. The van der Waals surface area contributed by atoms with E-state index in [0.29, 0.717) is 11.3 Å². The smallest absolute Gasteiger partial charge is 0.416 e. The largest absolute Gasteiger partial charge is 0.508 e. The molecule has 0 bridgehead atoms. The van der Waals surface area contributed by atoms with Crippen molar-refractivity contribution in [2.45, 2.75) is 13.1 Å². The molecule has 0 fully saturated rings. The number of carbonyl (C=O) groups is 1. The zero-order valence-corrected chi connectivity index (χ0v) is 11.0. The molecule has 0 aliphatic carbocycles. The van der Waals surface area contributed by atoms with Gasteiger partial charge in [-0.2, -0.15) is 13.2 Å². The Morgan fingerprint density at radius 3 is 2.24 bits per heavy atom. The highest BCUT2D eigenvalue weighted by Crippen LogP contribution is 2.29. The Morgan fingerprint density at radius 1 is 1.10 bits per heavy atom. The number of carbonyl (C=O) groups excluding carboxylic acids is 1. The van der Waals surface area contributed by atoms with E-state index < -0.39 is 17.6 Å². The molecular weight excluding hydrogens is 283 g/mol. The van der Waals surface area contributed by atoms with E-state index >= 15 is 0 Å². The van der Waals surface area contributed by atoms with Crippen molar-refractivity contribution in [1.82, 2.24) is 0 Å². The van der Waals surface area contributed by atoms with Crippen LogP contribution in [0.15, 0.2) is 42.5 Å². The third kappa shape index (κ3) is 3.53. The molecule has 0 atom stereocenters. The van der Waals surface area contributed by atoms with Crippen molar-refractivity contribution in [2.24, 2.45) is 0 Å². The van der Waals surface area contributed by atoms with Gasteiger partial charge in [0.25, 0.3) is 5.91 Å². The molecule has 0 saturated heterocycles. The summed E-state index contributed by atoms with van der Waals surface area (Å²) in [5.41, 5.74) is 0.447. The number of phenolic OH excluding ortho intramolecular Hbond substituents is 1. The van der Waals surface area contributed by atoms with Gasteiger partial charge in [0.2, 0.25) is 0 Å². The second kappa shape index (κ2) is 5.47. The van der Waals surface area contributed by atoms with Crippen LogP contribution in [-0.2, 0) is 6.18 Å². The molecular formula is C15H12F3NO2. The van der Waals surface area contributed by atoms with Crippen LogP contribution in [0.1, 0.15) is 21.5 Å². The number of benzene rings is 2. The highest BCUT2D eigenvalue weighted by atomic mass is 19.4.